The van der Waals surface area contributed by atoms with Crippen LogP contribution < -0.4 is 0 Å². The summed E-state index contributed by atoms with van der Waals surface area (Å²) in [6.07, 6.45) is 1.30. The van der Waals surface area contributed by atoms with Crippen LogP contribution in [-0.4, -0.2) is 47.8 Å². The lowest BCUT2D eigenvalue weighted by Crippen LogP contribution is -2.38. The molecule has 0 aromatic heterocycles. The summed E-state index contributed by atoms with van der Waals surface area (Å²) >= 11 is 0. The molecule has 2 saturated heterocycles. The fraction of sp³-hybridized carbons (Fsp3) is 0.909. The molecule has 2 rings (SSSR count). The topological polar surface area (TPSA) is 49.8 Å². The molecule has 15 heavy (non-hydrogen) atoms. The maximum absolute atomic E-state index is 11.0. The number of carboxylic acids is 1. The molecule has 2 heterocycles. The van der Waals surface area contributed by atoms with Gasteiger partial charge in [-0.1, -0.05) is 6.92 Å². The summed E-state index contributed by atoms with van der Waals surface area (Å²) in [7, 11) is 0. The second kappa shape index (κ2) is 4.10. The van der Waals surface area contributed by atoms with Gasteiger partial charge in [0.15, 0.2) is 0 Å². The van der Waals surface area contributed by atoms with Crippen molar-refractivity contribution in [2.45, 2.75) is 32.4 Å². The van der Waals surface area contributed by atoms with Crippen LogP contribution in [0.5, 0.6) is 0 Å². The first kappa shape index (κ1) is 10.9. The van der Waals surface area contributed by atoms with E-state index >= 15 is 0 Å². The molecule has 1 N–H and O–H groups in total. The molecule has 4 heteroatoms. The van der Waals surface area contributed by atoms with Gasteiger partial charge in [-0.05, 0) is 19.3 Å². The van der Waals surface area contributed by atoms with Gasteiger partial charge in [0, 0.05) is 25.7 Å². The maximum atomic E-state index is 11.0. The Morgan fingerprint density at radius 2 is 2.13 bits per heavy atom. The predicted molar refractivity (Wildman–Crippen MR) is 55.7 cm³/mol. The highest BCUT2D eigenvalue weighted by atomic mass is 16.5. The molecule has 2 fully saturated rings. The fourth-order valence-corrected chi connectivity index (χ4v) is 2.80. The number of carbonyl (C=O) groups is 1. The molecule has 0 aromatic carbocycles. The number of hydrogen-bond donors (Lipinski definition) is 1. The van der Waals surface area contributed by atoms with E-state index in [1.54, 1.807) is 0 Å². The first-order chi connectivity index (χ1) is 7.09. The van der Waals surface area contributed by atoms with E-state index in [0.717, 1.165) is 19.6 Å². The van der Waals surface area contributed by atoms with Crippen LogP contribution in [0.25, 0.3) is 0 Å². The number of carboxylic acid groups (broad SMARTS) is 1. The molecular weight excluding hydrogens is 194 g/mol. The lowest BCUT2D eigenvalue weighted by atomic mass is 9.99. The number of aliphatic carboxylic acids is 1. The summed E-state index contributed by atoms with van der Waals surface area (Å²) in [5.41, 5.74) is 0. The zero-order chi connectivity index (χ0) is 11.0. The van der Waals surface area contributed by atoms with Crippen LogP contribution in [0.3, 0.4) is 0 Å². The Hall–Kier alpha value is -0.610. The monoisotopic (exact) mass is 213 g/mol. The maximum Gasteiger partial charge on any atom is 0.308 e. The minimum absolute atomic E-state index is 0.196. The third-order valence-electron chi connectivity index (χ3n) is 3.76. The number of likely N-dealkylation sites (tertiary alicyclic amines) is 1. The van der Waals surface area contributed by atoms with Crippen molar-refractivity contribution >= 4 is 5.97 Å². The summed E-state index contributed by atoms with van der Waals surface area (Å²) in [6.45, 7) is 6.51. The van der Waals surface area contributed by atoms with Gasteiger partial charge in [0.05, 0.1) is 12.0 Å². The van der Waals surface area contributed by atoms with Gasteiger partial charge in [-0.25, -0.2) is 0 Å². The van der Waals surface area contributed by atoms with Crippen molar-refractivity contribution in [3.05, 3.63) is 0 Å². The van der Waals surface area contributed by atoms with E-state index in [1.165, 1.54) is 0 Å². The SMILES string of the molecule is CC1OCCC1N1C[C@@H](C)[C@H](C(=O)O)C1. The molecule has 4 nitrogen and oxygen atoms in total. The minimum atomic E-state index is -0.656. The van der Waals surface area contributed by atoms with Crippen LogP contribution >= 0.6 is 0 Å². The Bertz CT molecular complexity index is 256. The first-order valence-corrected chi connectivity index (χ1v) is 5.68. The van der Waals surface area contributed by atoms with Gasteiger partial charge >= 0.3 is 5.97 Å². The van der Waals surface area contributed by atoms with Gasteiger partial charge in [0.2, 0.25) is 0 Å². The quantitative estimate of drug-likeness (QED) is 0.737. The largest absolute Gasteiger partial charge is 0.481 e. The van der Waals surface area contributed by atoms with E-state index in [2.05, 4.69) is 11.8 Å². The summed E-state index contributed by atoms with van der Waals surface area (Å²) in [5.74, 6) is -0.593. The molecular formula is C11H19NO3. The molecule has 2 aliphatic rings. The molecule has 0 spiro atoms. The van der Waals surface area contributed by atoms with Gasteiger partial charge in [-0.2, -0.15) is 0 Å². The number of nitrogens with zero attached hydrogens (tertiary/aromatic N) is 1. The molecule has 0 amide bonds. The van der Waals surface area contributed by atoms with E-state index in [4.69, 9.17) is 9.84 Å². The number of hydrogen-bond acceptors (Lipinski definition) is 3. The van der Waals surface area contributed by atoms with Crippen molar-refractivity contribution in [3.63, 3.8) is 0 Å². The van der Waals surface area contributed by atoms with Crippen molar-refractivity contribution in [1.29, 1.82) is 0 Å². The Labute approximate surface area is 90.2 Å². The fourth-order valence-electron chi connectivity index (χ4n) is 2.80. The highest BCUT2D eigenvalue weighted by Gasteiger charge is 2.40. The van der Waals surface area contributed by atoms with Gasteiger partial charge in [0.25, 0.3) is 0 Å². The zero-order valence-corrected chi connectivity index (χ0v) is 9.35. The molecule has 2 aliphatic heterocycles. The standard InChI is InChI=1S/C11H19NO3/c1-7-5-12(6-9(7)11(13)14)10-3-4-15-8(10)2/h7-10H,3-6H2,1-2H3,(H,13,14)/t7-,8?,9-,10?/m1/s1. The highest BCUT2D eigenvalue weighted by Crippen LogP contribution is 2.29. The molecule has 4 atom stereocenters. The Morgan fingerprint density at radius 1 is 1.40 bits per heavy atom. The van der Waals surface area contributed by atoms with Crippen molar-refractivity contribution in [2.75, 3.05) is 19.7 Å². The van der Waals surface area contributed by atoms with Gasteiger partial charge in [-0.3, -0.25) is 9.69 Å². The van der Waals surface area contributed by atoms with Crippen LogP contribution in [0.15, 0.2) is 0 Å². The summed E-state index contributed by atoms with van der Waals surface area (Å²) < 4.78 is 5.52. The second-order valence-electron chi connectivity index (χ2n) is 4.81. The smallest absolute Gasteiger partial charge is 0.308 e. The average Bonchev–Trinajstić information content (AvgIpc) is 2.71. The number of ether oxygens (including phenoxy) is 1. The van der Waals surface area contributed by atoms with Gasteiger partial charge in [0.1, 0.15) is 0 Å². The van der Waals surface area contributed by atoms with E-state index < -0.39 is 5.97 Å². The average molecular weight is 213 g/mol. The van der Waals surface area contributed by atoms with Crippen molar-refractivity contribution in [2.24, 2.45) is 11.8 Å². The molecule has 0 aromatic rings. The van der Waals surface area contributed by atoms with Crippen LogP contribution in [0.4, 0.5) is 0 Å². The predicted octanol–water partition coefficient (Wildman–Crippen LogP) is 0.816. The molecule has 2 unspecified atom stereocenters. The molecule has 0 bridgehead atoms. The third kappa shape index (κ3) is 2.01. The summed E-state index contributed by atoms with van der Waals surface area (Å²) in [6, 6.07) is 0.428. The van der Waals surface area contributed by atoms with Gasteiger partial charge in [-0.15, -0.1) is 0 Å². The Kier molecular flexibility index (Phi) is 2.98. The van der Waals surface area contributed by atoms with Crippen molar-refractivity contribution in [3.8, 4) is 0 Å². The third-order valence-corrected chi connectivity index (χ3v) is 3.76. The van der Waals surface area contributed by atoms with Gasteiger partial charge < -0.3 is 9.84 Å². The molecule has 86 valence electrons. The van der Waals surface area contributed by atoms with Crippen LogP contribution in [0.2, 0.25) is 0 Å². The van der Waals surface area contributed by atoms with E-state index in [9.17, 15) is 4.79 Å². The van der Waals surface area contributed by atoms with E-state index in [0.29, 0.717) is 12.6 Å². The number of rotatable bonds is 2. The lowest BCUT2D eigenvalue weighted by Gasteiger charge is -2.25. The Balaban J connectivity index is 1.99. The first-order valence-electron chi connectivity index (χ1n) is 5.68. The molecule has 0 aliphatic carbocycles. The van der Waals surface area contributed by atoms with Crippen LogP contribution in [0, 0.1) is 11.8 Å². The van der Waals surface area contributed by atoms with E-state index in [1.807, 2.05) is 6.92 Å². The molecule has 0 saturated carbocycles. The Morgan fingerprint density at radius 3 is 2.60 bits per heavy atom. The lowest BCUT2D eigenvalue weighted by molar-refractivity contribution is -0.142. The van der Waals surface area contributed by atoms with Crippen LogP contribution in [-0.2, 0) is 9.53 Å². The highest BCUT2D eigenvalue weighted by molar-refractivity contribution is 5.71. The van der Waals surface area contributed by atoms with E-state index in [-0.39, 0.29) is 17.9 Å². The second-order valence-corrected chi connectivity index (χ2v) is 4.81. The van der Waals surface area contributed by atoms with Crippen molar-refractivity contribution < 1.29 is 14.6 Å². The molecule has 0 radical (unpaired) electrons. The summed E-state index contributed by atoms with van der Waals surface area (Å²) in [5, 5.41) is 9.05. The van der Waals surface area contributed by atoms with Crippen molar-refractivity contribution in [1.82, 2.24) is 4.90 Å². The normalized spacial score (nSPS) is 42.3. The summed E-state index contributed by atoms with van der Waals surface area (Å²) in [4.78, 5) is 13.3. The minimum Gasteiger partial charge on any atom is -0.481 e. The zero-order valence-electron chi connectivity index (χ0n) is 9.35. The van der Waals surface area contributed by atoms with Crippen LogP contribution in [0.1, 0.15) is 20.3 Å².